The van der Waals surface area contributed by atoms with Crippen LogP contribution in [0.5, 0.6) is 11.5 Å². The molecule has 1 aromatic heterocycles. The third kappa shape index (κ3) is 8.38. The molecule has 1 amide bonds. The first-order valence-electron chi connectivity index (χ1n) is 9.68. The molecule has 1 unspecified atom stereocenters. The normalized spacial score (nSPS) is 12.2. The summed E-state index contributed by atoms with van der Waals surface area (Å²) < 4.78 is 11.6. The fourth-order valence-electron chi connectivity index (χ4n) is 3.11. The minimum Gasteiger partial charge on any atom is -0.490 e. The van der Waals surface area contributed by atoms with Gasteiger partial charge in [-0.25, -0.2) is 0 Å². The zero-order valence-electron chi connectivity index (χ0n) is 18.0. The number of ether oxygens (including phenoxy) is 2. The van der Waals surface area contributed by atoms with Gasteiger partial charge in [-0.3, -0.25) is 9.78 Å². The SMILES string of the molecule is CCOc1cc(C(=O)NC(C)(CN)CC(C)C)ccc1OCc1cccnc1.Cl.Cl. The van der Waals surface area contributed by atoms with Crippen LogP contribution in [-0.2, 0) is 6.61 Å². The van der Waals surface area contributed by atoms with E-state index in [1.807, 2.05) is 26.0 Å². The number of pyridine rings is 1. The number of rotatable bonds is 10. The minimum absolute atomic E-state index is 0. The number of carbonyl (C=O) groups is 1. The average Bonchev–Trinajstić information content (AvgIpc) is 2.67. The van der Waals surface area contributed by atoms with E-state index in [0.29, 0.717) is 42.7 Å². The molecule has 0 aliphatic carbocycles. The second kappa shape index (κ2) is 13.3. The van der Waals surface area contributed by atoms with Crippen LogP contribution in [0.25, 0.3) is 0 Å². The van der Waals surface area contributed by atoms with E-state index in [1.165, 1.54) is 0 Å². The number of nitrogens with zero attached hydrogens (tertiary/aromatic N) is 1. The first-order chi connectivity index (χ1) is 13.4. The molecular formula is C22H33Cl2N3O3. The largest absolute Gasteiger partial charge is 0.490 e. The fraction of sp³-hybridized carbons (Fsp3) is 0.455. The second-order valence-electron chi connectivity index (χ2n) is 7.56. The predicted molar refractivity (Wildman–Crippen MR) is 125 cm³/mol. The summed E-state index contributed by atoms with van der Waals surface area (Å²) in [5, 5.41) is 3.07. The molecule has 0 saturated heterocycles. The van der Waals surface area contributed by atoms with Crippen LogP contribution in [0.1, 0.15) is 50.0 Å². The maximum Gasteiger partial charge on any atom is 0.251 e. The summed E-state index contributed by atoms with van der Waals surface area (Å²) in [4.78, 5) is 16.9. The molecule has 0 fully saturated rings. The fourth-order valence-corrected chi connectivity index (χ4v) is 3.11. The first-order valence-corrected chi connectivity index (χ1v) is 9.68. The van der Waals surface area contributed by atoms with E-state index in [0.717, 1.165) is 12.0 Å². The molecule has 30 heavy (non-hydrogen) atoms. The monoisotopic (exact) mass is 457 g/mol. The van der Waals surface area contributed by atoms with Gasteiger partial charge in [0.05, 0.1) is 6.61 Å². The lowest BCUT2D eigenvalue weighted by molar-refractivity contribution is 0.0897. The zero-order chi connectivity index (χ0) is 20.6. The van der Waals surface area contributed by atoms with E-state index >= 15 is 0 Å². The van der Waals surface area contributed by atoms with Crippen molar-refractivity contribution in [1.29, 1.82) is 0 Å². The van der Waals surface area contributed by atoms with Crippen LogP contribution < -0.4 is 20.5 Å². The van der Waals surface area contributed by atoms with Crippen molar-refractivity contribution in [2.24, 2.45) is 11.7 Å². The quantitative estimate of drug-likeness (QED) is 0.551. The summed E-state index contributed by atoms with van der Waals surface area (Å²) in [6, 6.07) is 9.02. The molecule has 0 spiro atoms. The minimum atomic E-state index is -0.452. The van der Waals surface area contributed by atoms with E-state index in [4.69, 9.17) is 15.2 Å². The molecule has 0 aliphatic heterocycles. The Kier molecular flexibility index (Phi) is 12.4. The highest BCUT2D eigenvalue weighted by atomic mass is 35.5. The Labute approximate surface area is 191 Å². The van der Waals surface area contributed by atoms with Crippen molar-refractivity contribution in [2.45, 2.75) is 46.3 Å². The summed E-state index contributed by atoms with van der Waals surface area (Å²) in [6.45, 7) is 9.32. The van der Waals surface area contributed by atoms with Crippen LogP contribution in [-0.4, -0.2) is 29.6 Å². The molecular weight excluding hydrogens is 425 g/mol. The molecule has 0 aliphatic rings. The number of hydrogen-bond acceptors (Lipinski definition) is 5. The number of amides is 1. The Bertz CT molecular complexity index is 775. The Hall–Kier alpha value is -2.02. The molecule has 1 atom stereocenters. The van der Waals surface area contributed by atoms with Gasteiger partial charge in [0.25, 0.3) is 5.91 Å². The van der Waals surface area contributed by atoms with E-state index in [1.54, 1.807) is 30.6 Å². The van der Waals surface area contributed by atoms with Crippen molar-refractivity contribution >= 4 is 30.7 Å². The highest BCUT2D eigenvalue weighted by Crippen LogP contribution is 2.29. The van der Waals surface area contributed by atoms with Crippen molar-refractivity contribution in [3.8, 4) is 11.5 Å². The molecule has 0 bridgehead atoms. The second-order valence-corrected chi connectivity index (χ2v) is 7.56. The number of nitrogens with two attached hydrogens (primary N) is 1. The van der Waals surface area contributed by atoms with E-state index in [9.17, 15) is 4.79 Å². The zero-order valence-corrected chi connectivity index (χ0v) is 19.6. The van der Waals surface area contributed by atoms with Crippen LogP contribution in [0.3, 0.4) is 0 Å². The van der Waals surface area contributed by atoms with Gasteiger partial charge in [0, 0.05) is 35.6 Å². The third-order valence-electron chi connectivity index (χ3n) is 4.35. The summed E-state index contributed by atoms with van der Waals surface area (Å²) >= 11 is 0. The van der Waals surface area contributed by atoms with Crippen LogP contribution in [0, 0.1) is 5.92 Å². The highest BCUT2D eigenvalue weighted by molar-refractivity contribution is 5.95. The number of benzene rings is 1. The van der Waals surface area contributed by atoms with E-state index in [-0.39, 0.29) is 30.7 Å². The van der Waals surface area contributed by atoms with Gasteiger partial charge in [-0.15, -0.1) is 24.8 Å². The maximum atomic E-state index is 12.8. The van der Waals surface area contributed by atoms with Gasteiger partial charge in [0.1, 0.15) is 6.61 Å². The van der Waals surface area contributed by atoms with Gasteiger partial charge in [-0.05, 0) is 50.5 Å². The molecule has 2 aromatic rings. The molecule has 168 valence electrons. The van der Waals surface area contributed by atoms with Gasteiger partial charge < -0.3 is 20.5 Å². The highest BCUT2D eigenvalue weighted by Gasteiger charge is 2.26. The van der Waals surface area contributed by atoms with Gasteiger partial charge in [-0.1, -0.05) is 19.9 Å². The van der Waals surface area contributed by atoms with Crippen LogP contribution in [0.2, 0.25) is 0 Å². The molecule has 8 heteroatoms. The summed E-state index contributed by atoms with van der Waals surface area (Å²) in [7, 11) is 0. The smallest absolute Gasteiger partial charge is 0.251 e. The van der Waals surface area contributed by atoms with Crippen molar-refractivity contribution in [1.82, 2.24) is 10.3 Å². The molecule has 6 nitrogen and oxygen atoms in total. The van der Waals surface area contributed by atoms with Crippen molar-refractivity contribution in [3.63, 3.8) is 0 Å². The first kappa shape index (κ1) is 28.0. The number of aromatic nitrogens is 1. The Morgan fingerprint density at radius 1 is 1.20 bits per heavy atom. The van der Waals surface area contributed by atoms with Crippen molar-refractivity contribution < 1.29 is 14.3 Å². The Balaban J connectivity index is 0.00000420. The van der Waals surface area contributed by atoms with Crippen LogP contribution >= 0.6 is 24.8 Å². The lowest BCUT2D eigenvalue weighted by atomic mass is 9.90. The number of hydrogen-bond donors (Lipinski definition) is 2. The summed E-state index contributed by atoms with van der Waals surface area (Å²) in [5.41, 5.74) is 6.93. The van der Waals surface area contributed by atoms with Crippen LogP contribution in [0.4, 0.5) is 0 Å². The molecule has 1 heterocycles. The average molecular weight is 458 g/mol. The Morgan fingerprint density at radius 3 is 2.50 bits per heavy atom. The lowest BCUT2D eigenvalue weighted by Crippen LogP contribution is -2.52. The molecule has 0 radical (unpaired) electrons. The molecule has 1 aromatic carbocycles. The molecule has 2 rings (SSSR count). The van der Waals surface area contributed by atoms with Crippen molar-refractivity contribution in [3.05, 3.63) is 53.9 Å². The predicted octanol–water partition coefficient (Wildman–Crippen LogP) is 4.40. The maximum absolute atomic E-state index is 12.8. The summed E-state index contributed by atoms with van der Waals surface area (Å²) in [6.07, 6.45) is 4.28. The topological polar surface area (TPSA) is 86.5 Å². The molecule has 3 N–H and O–H groups in total. The number of carbonyl (C=O) groups excluding carboxylic acids is 1. The number of nitrogens with one attached hydrogen (secondary N) is 1. The van der Waals surface area contributed by atoms with Crippen LogP contribution in [0.15, 0.2) is 42.7 Å². The summed E-state index contributed by atoms with van der Waals surface area (Å²) in [5.74, 6) is 1.38. The van der Waals surface area contributed by atoms with Gasteiger partial charge in [-0.2, -0.15) is 0 Å². The van der Waals surface area contributed by atoms with E-state index in [2.05, 4.69) is 24.1 Å². The number of halogens is 2. The molecule has 0 saturated carbocycles. The van der Waals surface area contributed by atoms with Gasteiger partial charge in [0.15, 0.2) is 11.5 Å². The standard InChI is InChI=1S/C22H31N3O3.2ClH/c1-5-27-20-11-18(21(26)25-22(4,15-23)12-16(2)3)8-9-19(20)28-14-17-7-6-10-24-13-17;;/h6-11,13,16H,5,12,14-15,23H2,1-4H3,(H,25,26);2*1H. The van der Waals surface area contributed by atoms with Gasteiger partial charge >= 0.3 is 0 Å². The Morgan fingerprint density at radius 2 is 1.93 bits per heavy atom. The lowest BCUT2D eigenvalue weighted by Gasteiger charge is -2.31. The van der Waals surface area contributed by atoms with E-state index < -0.39 is 5.54 Å². The van der Waals surface area contributed by atoms with Gasteiger partial charge in [0.2, 0.25) is 0 Å². The third-order valence-corrected chi connectivity index (χ3v) is 4.35. The van der Waals surface area contributed by atoms with Crippen molar-refractivity contribution in [2.75, 3.05) is 13.2 Å².